The minimum Gasteiger partial charge on any atom is -0.0642 e. The molecule has 0 heterocycles. The summed E-state index contributed by atoms with van der Waals surface area (Å²) in [5, 5.41) is 0. The first-order valence-electron chi connectivity index (χ1n) is 6.07. The average molecular weight is 287 g/mol. The van der Waals surface area contributed by atoms with Crippen LogP contribution in [0, 0.1) is 0 Å². The van der Waals surface area contributed by atoms with Crippen LogP contribution in [0.25, 0.3) is 11.1 Å². The predicted octanol–water partition coefficient (Wildman–Crippen LogP) is 5.15. The first-order chi connectivity index (χ1) is 8.16. The maximum Gasteiger partial charge on any atom is 0.0184 e. The molecule has 0 bridgehead atoms. The standard InChI is InChI=1S/C16H15Br/c1-3-16(2)14-7-5-4-6-12(14)13-9-8-11(17)10-15(13)16/h4-10H,3H2,1-2H3. The van der Waals surface area contributed by atoms with E-state index >= 15 is 0 Å². The highest BCUT2D eigenvalue weighted by Crippen LogP contribution is 2.50. The zero-order valence-electron chi connectivity index (χ0n) is 10.1. The van der Waals surface area contributed by atoms with E-state index in [-0.39, 0.29) is 5.41 Å². The molecule has 86 valence electrons. The lowest BCUT2D eigenvalue weighted by molar-refractivity contribution is 0.564. The molecule has 17 heavy (non-hydrogen) atoms. The van der Waals surface area contributed by atoms with Crippen molar-refractivity contribution >= 4 is 15.9 Å². The SMILES string of the molecule is CCC1(C)c2ccccc2-c2ccc(Br)cc21. The molecule has 1 aliphatic rings. The summed E-state index contributed by atoms with van der Waals surface area (Å²) in [6, 6.07) is 15.4. The van der Waals surface area contributed by atoms with E-state index in [4.69, 9.17) is 0 Å². The van der Waals surface area contributed by atoms with Crippen molar-refractivity contribution in [2.24, 2.45) is 0 Å². The van der Waals surface area contributed by atoms with Crippen LogP contribution in [0.1, 0.15) is 31.4 Å². The van der Waals surface area contributed by atoms with Crippen LogP contribution in [0.3, 0.4) is 0 Å². The van der Waals surface area contributed by atoms with Crippen LogP contribution in [0.4, 0.5) is 0 Å². The Bertz CT molecular complexity index is 586. The second-order valence-corrected chi connectivity index (χ2v) is 5.84. The first-order valence-corrected chi connectivity index (χ1v) is 6.86. The molecule has 0 amide bonds. The fourth-order valence-electron chi connectivity index (χ4n) is 2.93. The van der Waals surface area contributed by atoms with Crippen LogP contribution in [0.15, 0.2) is 46.9 Å². The second-order valence-electron chi connectivity index (χ2n) is 4.92. The molecule has 0 nitrogen and oxygen atoms in total. The van der Waals surface area contributed by atoms with Crippen molar-refractivity contribution in [2.75, 3.05) is 0 Å². The van der Waals surface area contributed by atoms with Crippen LogP contribution in [-0.4, -0.2) is 0 Å². The largest absolute Gasteiger partial charge is 0.0642 e. The summed E-state index contributed by atoms with van der Waals surface area (Å²) in [5.74, 6) is 0. The zero-order chi connectivity index (χ0) is 12.0. The fraction of sp³-hybridized carbons (Fsp3) is 0.250. The molecule has 0 aromatic heterocycles. The minimum absolute atomic E-state index is 0.162. The van der Waals surface area contributed by atoms with Crippen molar-refractivity contribution in [1.82, 2.24) is 0 Å². The van der Waals surface area contributed by atoms with Crippen molar-refractivity contribution in [3.63, 3.8) is 0 Å². The second kappa shape index (κ2) is 3.71. The predicted molar refractivity (Wildman–Crippen MR) is 76.3 cm³/mol. The molecule has 2 aromatic rings. The van der Waals surface area contributed by atoms with Crippen LogP contribution >= 0.6 is 15.9 Å². The average Bonchev–Trinajstić information content (AvgIpc) is 2.61. The van der Waals surface area contributed by atoms with Gasteiger partial charge in [-0.1, -0.05) is 60.1 Å². The van der Waals surface area contributed by atoms with Gasteiger partial charge in [0.15, 0.2) is 0 Å². The van der Waals surface area contributed by atoms with E-state index in [0.29, 0.717) is 0 Å². The molecule has 2 aromatic carbocycles. The van der Waals surface area contributed by atoms with Gasteiger partial charge in [-0.25, -0.2) is 0 Å². The Morgan fingerprint density at radius 2 is 1.71 bits per heavy atom. The maximum atomic E-state index is 3.59. The molecular weight excluding hydrogens is 272 g/mol. The fourth-order valence-corrected chi connectivity index (χ4v) is 3.29. The summed E-state index contributed by atoms with van der Waals surface area (Å²) in [6.45, 7) is 4.62. The van der Waals surface area contributed by atoms with Gasteiger partial charge >= 0.3 is 0 Å². The topological polar surface area (TPSA) is 0 Å². The van der Waals surface area contributed by atoms with Gasteiger partial charge in [0.2, 0.25) is 0 Å². The third-order valence-corrected chi connectivity index (χ3v) is 4.59. The zero-order valence-corrected chi connectivity index (χ0v) is 11.7. The summed E-state index contributed by atoms with van der Waals surface area (Å²) >= 11 is 3.59. The maximum absolute atomic E-state index is 3.59. The van der Waals surface area contributed by atoms with E-state index in [2.05, 4.69) is 72.2 Å². The highest BCUT2D eigenvalue weighted by molar-refractivity contribution is 9.10. The summed E-state index contributed by atoms with van der Waals surface area (Å²) in [7, 11) is 0. The van der Waals surface area contributed by atoms with Crippen LogP contribution < -0.4 is 0 Å². The van der Waals surface area contributed by atoms with Gasteiger partial charge in [-0.15, -0.1) is 0 Å². The van der Waals surface area contributed by atoms with E-state index in [9.17, 15) is 0 Å². The van der Waals surface area contributed by atoms with E-state index < -0.39 is 0 Å². The van der Waals surface area contributed by atoms with Crippen molar-refractivity contribution in [3.8, 4) is 11.1 Å². The molecule has 1 atom stereocenters. The Morgan fingerprint density at radius 1 is 1.00 bits per heavy atom. The first kappa shape index (κ1) is 11.0. The highest BCUT2D eigenvalue weighted by Gasteiger charge is 2.37. The number of fused-ring (bicyclic) bond motifs is 3. The lowest BCUT2D eigenvalue weighted by Crippen LogP contribution is -2.19. The van der Waals surface area contributed by atoms with E-state index in [1.165, 1.54) is 26.7 Å². The van der Waals surface area contributed by atoms with Crippen LogP contribution in [0.5, 0.6) is 0 Å². The van der Waals surface area contributed by atoms with Gasteiger partial charge in [0.25, 0.3) is 0 Å². The molecule has 1 heteroatoms. The van der Waals surface area contributed by atoms with Crippen LogP contribution in [-0.2, 0) is 5.41 Å². The molecule has 0 spiro atoms. The van der Waals surface area contributed by atoms with Crippen molar-refractivity contribution in [1.29, 1.82) is 0 Å². The van der Waals surface area contributed by atoms with Crippen molar-refractivity contribution in [3.05, 3.63) is 58.1 Å². The van der Waals surface area contributed by atoms with Gasteiger partial charge in [0, 0.05) is 9.89 Å². The molecule has 0 saturated carbocycles. The molecule has 0 N–H and O–H groups in total. The molecule has 0 saturated heterocycles. The van der Waals surface area contributed by atoms with Gasteiger partial charge in [-0.05, 0) is 40.8 Å². The number of hydrogen-bond donors (Lipinski definition) is 0. The molecule has 0 aliphatic heterocycles. The Hall–Kier alpha value is -1.08. The van der Waals surface area contributed by atoms with Crippen molar-refractivity contribution in [2.45, 2.75) is 25.7 Å². The van der Waals surface area contributed by atoms with Gasteiger partial charge in [-0.3, -0.25) is 0 Å². The van der Waals surface area contributed by atoms with Gasteiger partial charge in [0.05, 0.1) is 0 Å². The summed E-state index contributed by atoms with van der Waals surface area (Å²) in [4.78, 5) is 0. The normalized spacial score (nSPS) is 21.1. The Balaban J connectivity index is 2.38. The Morgan fingerprint density at radius 3 is 2.47 bits per heavy atom. The molecule has 0 fully saturated rings. The Labute approximate surface area is 111 Å². The summed E-state index contributed by atoms with van der Waals surface area (Å²) in [6.07, 6.45) is 1.13. The van der Waals surface area contributed by atoms with Gasteiger partial charge < -0.3 is 0 Å². The van der Waals surface area contributed by atoms with Crippen LogP contribution in [0.2, 0.25) is 0 Å². The Kier molecular flexibility index (Phi) is 2.41. The van der Waals surface area contributed by atoms with E-state index in [1.54, 1.807) is 0 Å². The van der Waals surface area contributed by atoms with Gasteiger partial charge in [0.1, 0.15) is 0 Å². The highest BCUT2D eigenvalue weighted by atomic mass is 79.9. The quantitative estimate of drug-likeness (QED) is 0.680. The lowest BCUT2D eigenvalue weighted by Gasteiger charge is -2.25. The molecule has 3 rings (SSSR count). The van der Waals surface area contributed by atoms with E-state index in [1.807, 2.05) is 0 Å². The molecule has 1 aliphatic carbocycles. The number of halogens is 1. The van der Waals surface area contributed by atoms with Gasteiger partial charge in [-0.2, -0.15) is 0 Å². The summed E-state index contributed by atoms with van der Waals surface area (Å²) < 4.78 is 1.17. The number of hydrogen-bond acceptors (Lipinski definition) is 0. The number of rotatable bonds is 1. The van der Waals surface area contributed by atoms with E-state index in [0.717, 1.165) is 6.42 Å². The molecular formula is C16H15Br. The lowest BCUT2D eigenvalue weighted by atomic mass is 9.78. The smallest absolute Gasteiger partial charge is 0.0184 e. The molecule has 0 radical (unpaired) electrons. The van der Waals surface area contributed by atoms with Crippen molar-refractivity contribution < 1.29 is 0 Å². The third kappa shape index (κ3) is 1.42. The monoisotopic (exact) mass is 286 g/mol. The third-order valence-electron chi connectivity index (χ3n) is 4.09. The summed E-state index contributed by atoms with van der Waals surface area (Å²) in [5.41, 5.74) is 5.88. The molecule has 1 unspecified atom stereocenters. The minimum atomic E-state index is 0.162. The number of benzene rings is 2.